The van der Waals surface area contributed by atoms with E-state index in [2.05, 4.69) is 20.1 Å². The number of nitrogens with one attached hydrogen (secondary N) is 2. The molecule has 2 N–H and O–H groups in total. The van der Waals surface area contributed by atoms with E-state index in [4.69, 9.17) is 0 Å². The smallest absolute Gasteiger partial charge is 0.244 e. The van der Waals surface area contributed by atoms with E-state index in [1.54, 1.807) is 0 Å². The van der Waals surface area contributed by atoms with Crippen molar-refractivity contribution in [2.45, 2.75) is 19.4 Å². The van der Waals surface area contributed by atoms with Crippen LogP contribution in [0.2, 0.25) is 0 Å². The quantitative estimate of drug-likeness (QED) is 0.716. The molecule has 0 radical (unpaired) electrons. The minimum absolute atomic E-state index is 0.0951. The Morgan fingerprint density at radius 2 is 2.18 bits per heavy atom. The van der Waals surface area contributed by atoms with E-state index in [9.17, 15) is 4.79 Å². The molecule has 3 heterocycles. The maximum Gasteiger partial charge on any atom is 0.244 e. The molecule has 22 heavy (non-hydrogen) atoms. The van der Waals surface area contributed by atoms with E-state index in [-0.39, 0.29) is 5.91 Å². The molecule has 1 aliphatic rings. The molecule has 3 aromatic rings. The summed E-state index contributed by atoms with van der Waals surface area (Å²) in [6.45, 7) is 0.930. The van der Waals surface area contributed by atoms with Crippen molar-refractivity contribution in [1.82, 2.24) is 15.0 Å². The monoisotopic (exact) mass is 292 g/mol. The van der Waals surface area contributed by atoms with Gasteiger partial charge in [-0.2, -0.15) is 5.10 Å². The molecule has 4 rings (SSSR count). The zero-order valence-electron chi connectivity index (χ0n) is 12.0. The maximum atomic E-state index is 12.1. The third kappa shape index (κ3) is 2.20. The third-order valence-corrected chi connectivity index (χ3v) is 4.06. The van der Waals surface area contributed by atoms with Crippen molar-refractivity contribution in [3.05, 3.63) is 60.0 Å². The van der Waals surface area contributed by atoms with Crippen molar-refractivity contribution < 1.29 is 4.79 Å². The lowest BCUT2D eigenvalue weighted by Crippen LogP contribution is -2.21. The fourth-order valence-electron chi connectivity index (χ4n) is 2.96. The van der Waals surface area contributed by atoms with Crippen molar-refractivity contribution in [2.75, 3.05) is 0 Å². The van der Waals surface area contributed by atoms with Gasteiger partial charge in [-0.25, -0.2) is 5.43 Å². The lowest BCUT2D eigenvalue weighted by Gasteiger charge is -2.01. The highest BCUT2D eigenvalue weighted by atomic mass is 16.2. The lowest BCUT2D eigenvalue weighted by atomic mass is 10.1. The van der Waals surface area contributed by atoms with Crippen LogP contribution in [0.25, 0.3) is 10.9 Å². The molecule has 0 bridgehead atoms. The number of aromatic amines is 1. The van der Waals surface area contributed by atoms with Gasteiger partial charge < -0.3 is 9.55 Å². The number of hydrogen-bond acceptors (Lipinski definition) is 2. The summed E-state index contributed by atoms with van der Waals surface area (Å²) < 4.78 is 2.14. The molecule has 0 spiro atoms. The number of nitrogens with zero attached hydrogens (tertiary/aromatic N) is 2. The van der Waals surface area contributed by atoms with E-state index in [1.807, 2.05) is 48.8 Å². The summed E-state index contributed by atoms with van der Waals surface area (Å²) in [7, 11) is 0. The van der Waals surface area contributed by atoms with Crippen molar-refractivity contribution in [2.24, 2.45) is 5.10 Å². The van der Waals surface area contributed by atoms with Gasteiger partial charge in [0.2, 0.25) is 5.91 Å². The van der Waals surface area contributed by atoms with E-state index in [1.165, 1.54) is 0 Å². The first-order valence-electron chi connectivity index (χ1n) is 7.37. The number of amides is 1. The Labute approximate surface area is 127 Å². The van der Waals surface area contributed by atoms with Crippen LogP contribution in [0.5, 0.6) is 0 Å². The van der Waals surface area contributed by atoms with Crippen molar-refractivity contribution in [3.63, 3.8) is 0 Å². The normalized spacial score (nSPS) is 15.4. The van der Waals surface area contributed by atoms with Gasteiger partial charge in [0.1, 0.15) is 0 Å². The molecule has 1 aromatic carbocycles. The number of hydrazone groups is 1. The van der Waals surface area contributed by atoms with Gasteiger partial charge in [-0.3, -0.25) is 4.79 Å². The van der Waals surface area contributed by atoms with Crippen LogP contribution >= 0.6 is 0 Å². The van der Waals surface area contributed by atoms with Gasteiger partial charge in [0.05, 0.1) is 17.8 Å². The predicted molar refractivity (Wildman–Crippen MR) is 85.7 cm³/mol. The van der Waals surface area contributed by atoms with Crippen LogP contribution in [0.1, 0.15) is 17.7 Å². The van der Waals surface area contributed by atoms with Gasteiger partial charge in [0.25, 0.3) is 0 Å². The van der Waals surface area contributed by atoms with Crippen LogP contribution < -0.4 is 5.43 Å². The van der Waals surface area contributed by atoms with Crippen LogP contribution in [-0.2, 0) is 17.8 Å². The second-order valence-corrected chi connectivity index (χ2v) is 5.47. The van der Waals surface area contributed by atoms with Crippen LogP contribution in [0.15, 0.2) is 53.9 Å². The number of aryl methyl sites for hydroxylation is 1. The third-order valence-electron chi connectivity index (χ3n) is 4.06. The molecule has 0 saturated heterocycles. The number of aromatic nitrogens is 2. The van der Waals surface area contributed by atoms with Gasteiger partial charge in [0.15, 0.2) is 0 Å². The van der Waals surface area contributed by atoms with Crippen molar-refractivity contribution in [1.29, 1.82) is 0 Å². The molecule has 0 saturated carbocycles. The molecular formula is C17H16N4O. The standard InChI is InChI=1S/C17H16N4O/c22-17(10-12-11-18-14-5-2-1-4-13(12)14)20-19-15-7-9-21-8-3-6-16(15)21/h1-6,8,11,18H,7,9-10H2,(H,20,22)/b19-15-. The lowest BCUT2D eigenvalue weighted by molar-refractivity contribution is -0.120. The first-order chi connectivity index (χ1) is 10.8. The van der Waals surface area contributed by atoms with Crippen molar-refractivity contribution >= 4 is 22.5 Å². The Balaban J connectivity index is 1.47. The Bertz CT molecular complexity index is 872. The van der Waals surface area contributed by atoms with Crippen LogP contribution in [0.3, 0.4) is 0 Å². The zero-order chi connectivity index (χ0) is 14.9. The second kappa shape index (κ2) is 5.18. The Kier molecular flexibility index (Phi) is 3.04. The highest BCUT2D eigenvalue weighted by Gasteiger charge is 2.17. The summed E-state index contributed by atoms with van der Waals surface area (Å²) >= 11 is 0. The van der Waals surface area contributed by atoms with Crippen LogP contribution in [-0.4, -0.2) is 21.2 Å². The number of benzene rings is 1. The molecule has 1 aliphatic heterocycles. The number of rotatable bonds is 3. The molecule has 110 valence electrons. The second-order valence-electron chi connectivity index (χ2n) is 5.47. The molecule has 5 heteroatoms. The summed E-state index contributed by atoms with van der Waals surface area (Å²) in [6.07, 6.45) is 5.11. The molecule has 0 unspecified atom stereocenters. The highest BCUT2D eigenvalue weighted by molar-refractivity contribution is 6.01. The number of carbonyl (C=O) groups excluding carboxylic acids is 1. The number of hydrogen-bond donors (Lipinski definition) is 2. The molecule has 1 amide bonds. The minimum atomic E-state index is -0.0951. The van der Waals surface area contributed by atoms with Gasteiger partial charge in [-0.1, -0.05) is 18.2 Å². The molecule has 2 aromatic heterocycles. The van der Waals surface area contributed by atoms with Gasteiger partial charge in [0, 0.05) is 36.3 Å². The first-order valence-corrected chi connectivity index (χ1v) is 7.37. The average Bonchev–Trinajstić information content (AvgIpc) is 3.22. The molecule has 0 aliphatic carbocycles. The highest BCUT2D eigenvalue weighted by Crippen LogP contribution is 2.18. The summed E-state index contributed by atoms with van der Waals surface area (Å²) in [4.78, 5) is 15.3. The van der Waals surface area contributed by atoms with Gasteiger partial charge in [-0.15, -0.1) is 0 Å². The summed E-state index contributed by atoms with van der Waals surface area (Å²) in [6, 6.07) is 12.0. The Morgan fingerprint density at radius 3 is 3.14 bits per heavy atom. The van der Waals surface area contributed by atoms with Crippen LogP contribution in [0.4, 0.5) is 0 Å². The largest absolute Gasteiger partial charge is 0.361 e. The number of carbonyl (C=O) groups is 1. The van der Waals surface area contributed by atoms with Gasteiger partial charge >= 0.3 is 0 Å². The molecule has 0 fully saturated rings. The zero-order valence-corrected chi connectivity index (χ0v) is 12.0. The molecular weight excluding hydrogens is 276 g/mol. The van der Waals surface area contributed by atoms with Crippen molar-refractivity contribution in [3.8, 4) is 0 Å². The topological polar surface area (TPSA) is 62.2 Å². The number of H-pyrrole nitrogens is 1. The Morgan fingerprint density at radius 1 is 1.27 bits per heavy atom. The average molecular weight is 292 g/mol. The summed E-state index contributed by atoms with van der Waals surface area (Å²) in [5.74, 6) is -0.0951. The van der Waals surface area contributed by atoms with E-state index in [0.29, 0.717) is 6.42 Å². The first kappa shape index (κ1) is 12.9. The maximum absolute atomic E-state index is 12.1. The van der Waals surface area contributed by atoms with Crippen LogP contribution in [0, 0.1) is 0 Å². The SMILES string of the molecule is O=C(Cc1c[nH]c2ccccc12)N/N=C1/CCn2cccc21. The number of para-hydroxylation sites is 1. The Hall–Kier alpha value is -2.82. The molecule has 5 nitrogen and oxygen atoms in total. The summed E-state index contributed by atoms with van der Waals surface area (Å²) in [5.41, 5.74) is 6.75. The fourth-order valence-corrected chi connectivity index (χ4v) is 2.96. The summed E-state index contributed by atoms with van der Waals surface area (Å²) in [5, 5.41) is 5.37. The van der Waals surface area contributed by atoms with E-state index in [0.717, 1.165) is 40.8 Å². The minimum Gasteiger partial charge on any atom is -0.361 e. The number of fused-ring (bicyclic) bond motifs is 2. The predicted octanol–water partition coefficient (Wildman–Crippen LogP) is 2.44. The van der Waals surface area contributed by atoms with Gasteiger partial charge in [-0.05, 0) is 23.8 Å². The van der Waals surface area contributed by atoms with E-state index < -0.39 is 0 Å². The van der Waals surface area contributed by atoms with E-state index >= 15 is 0 Å². The molecule has 0 atom stereocenters. The fraction of sp³-hybridized carbons (Fsp3) is 0.176.